The molecule has 0 aliphatic rings. The second-order valence-electron chi connectivity index (χ2n) is 5.36. The average molecular weight is 351 g/mol. The molecule has 0 aliphatic heterocycles. The topological polar surface area (TPSA) is 55.4 Å². The van der Waals surface area contributed by atoms with Crippen molar-refractivity contribution >= 4 is 23.2 Å². The molecule has 0 unspecified atom stereocenters. The smallest absolute Gasteiger partial charge is 0.331 e. The van der Waals surface area contributed by atoms with E-state index in [2.05, 4.69) is 5.48 Å². The molecule has 0 atom stereocenters. The highest BCUT2D eigenvalue weighted by molar-refractivity contribution is 7.08. The molecule has 0 aliphatic carbocycles. The fourth-order valence-corrected chi connectivity index (χ4v) is 3.20. The van der Waals surface area contributed by atoms with Gasteiger partial charge in [0.05, 0.1) is 5.56 Å². The first-order valence-corrected chi connectivity index (χ1v) is 8.86. The number of carbonyl (C=O) groups is 2. The Morgan fingerprint density at radius 3 is 2.48 bits per heavy atom. The molecule has 1 amide bonds. The van der Waals surface area contributed by atoms with Crippen molar-refractivity contribution in [3.8, 4) is 22.3 Å². The lowest BCUT2D eigenvalue weighted by Crippen LogP contribution is -2.27. The van der Waals surface area contributed by atoms with Gasteiger partial charge in [0, 0.05) is 12.0 Å². The highest BCUT2D eigenvalue weighted by atomic mass is 32.1. The minimum atomic E-state index is -0.483. The van der Waals surface area contributed by atoms with Crippen LogP contribution in [0.15, 0.2) is 65.4 Å². The first kappa shape index (κ1) is 16.9. The van der Waals surface area contributed by atoms with Crippen LogP contribution in [0.5, 0.6) is 0 Å². The Morgan fingerprint density at radius 2 is 1.80 bits per heavy atom. The maximum atomic E-state index is 12.6. The molecule has 0 spiro atoms. The molecule has 0 bridgehead atoms. The van der Waals surface area contributed by atoms with Crippen LogP contribution >= 0.6 is 11.3 Å². The number of hydrogen-bond donors (Lipinski definition) is 1. The SMILES string of the molecule is CCC(=O)ONC(=O)c1cccc(-c2ccsc2)c1-c1ccccc1. The number of amides is 1. The van der Waals surface area contributed by atoms with E-state index in [0.717, 1.165) is 22.3 Å². The summed E-state index contributed by atoms with van der Waals surface area (Å²) >= 11 is 1.60. The van der Waals surface area contributed by atoms with Crippen molar-refractivity contribution in [2.45, 2.75) is 13.3 Å². The summed E-state index contributed by atoms with van der Waals surface area (Å²) in [6.45, 7) is 1.67. The Morgan fingerprint density at radius 1 is 1.00 bits per heavy atom. The van der Waals surface area contributed by atoms with E-state index in [9.17, 15) is 9.59 Å². The van der Waals surface area contributed by atoms with E-state index in [4.69, 9.17) is 4.84 Å². The molecule has 5 heteroatoms. The molecule has 1 heterocycles. The van der Waals surface area contributed by atoms with E-state index in [0.29, 0.717) is 5.56 Å². The molecule has 3 rings (SSSR count). The summed E-state index contributed by atoms with van der Waals surface area (Å²) in [5.41, 5.74) is 6.45. The Hall–Kier alpha value is -2.92. The molecule has 1 aromatic heterocycles. The van der Waals surface area contributed by atoms with E-state index in [-0.39, 0.29) is 6.42 Å². The first-order valence-electron chi connectivity index (χ1n) is 7.91. The zero-order chi connectivity index (χ0) is 17.6. The fourth-order valence-electron chi connectivity index (χ4n) is 2.55. The molecule has 2 aromatic carbocycles. The maximum absolute atomic E-state index is 12.6. The van der Waals surface area contributed by atoms with Crippen molar-refractivity contribution in [1.29, 1.82) is 0 Å². The summed E-state index contributed by atoms with van der Waals surface area (Å²) in [7, 11) is 0. The van der Waals surface area contributed by atoms with Crippen molar-refractivity contribution in [2.75, 3.05) is 0 Å². The molecule has 4 nitrogen and oxygen atoms in total. The maximum Gasteiger partial charge on any atom is 0.331 e. The number of nitrogens with one attached hydrogen (secondary N) is 1. The van der Waals surface area contributed by atoms with E-state index in [1.54, 1.807) is 24.3 Å². The Bertz CT molecular complexity index is 873. The lowest BCUT2D eigenvalue weighted by molar-refractivity contribution is -0.148. The fraction of sp³-hybridized carbons (Fsp3) is 0.100. The quantitative estimate of drug-likeness (QED) is 0.694. The van der Waals surface area contributed by atoms with Crippen LogP contribution in [0.1, 0.15) is 23.7 Å². The zero-order valence-electron chi connectivity index (χ0n) is 13.7. The Labute approximate surface area is 150 Å². The van der Waals surface area contributed by atoms with Crippen LogP contribution in [0.3, 0.4) is 0 Å². The largest absolute Gasteiger partial charge is 0.341 e. The third kappa shape index (κ3) is 3.78. The normalized spacial score (nSPS) is 10.3. The van der Waals surface area contributed by atoms with Crippen LogP contribution in [0.25, 0.3) is 22.3 Å². The molecule has 0 fully saturated rings. The summed E-state index contributed by atoms with van der Waals surface area (Å²) in [6, 6.07) is 17.3. The predicted molar refractivity (Wildman–Crippen MR) is 99.0 cm³/mol. The van der Waals surface area contributed by atoms with Crippen LogP contribution in [-0.4, -0.2) is 11.9 Å². The zero-order valence-corrected chi connectivity index (χ0v) is 14.5. The summed E-state index contributed by atoms with van der Waals surface area (Å²) < 4.78 is 0. The average Bonchev–Trinajstić information content (AvgIpc) is 3.20. The van der Waals surface area contributed by atoms with Gasteiger partial charge in [-0.3, -0.25) is 4.79 Å². The molecular formula is C20H17NO3S. The minimum Gasteiger partial charge on any atom is -0.341 e. The van der Waals surface area contributed by atoms with Gasteiger partial charge in [-0.15, -0.1) is 0 Å². The minimum absolute atomic E-state index is 0.195. The number of thiophene rings is 1. The summed E-state index contributed by atoms with van der Waals surface area (Å²) in [6.07, 6.45) is 0.195. The third-order valence-electron chi connectivity index (χ3n) is 3.75. The molecule has 0 saturated carbocycles. The van der Waals surface area contributed by atoms with Gasteiger partial charge < -0.3 is 4.84 Å². The van der Waals surface area contributed by atoms with Crippen LogP contribution in [0, 0.1) is 0 Å². The second-order valence-corrected chi connectivity index (χ2v) is 6.15. The molecule has 3 aromatic rings. The number of rotatable bonds is 4. The van der Waals surface area contributed by atoms with Crippen LogP contribution < -0.4 is 5.48 Å². The van der Waals surface area contributed by atoms with Gasteiger partial charge in [0.1, 0.15) is 0 Å². The van der Waals surface area contributed by atoms with Gasteiger partial charge in [-0.05, 0) is 39.6 Å². The Kier molecular flexibility index (Phi) is 5.26. The molecular weight excluding hydrogens is 334 g/mol. The van der Waals surface area contributed by atoms with Crippen molar-refractivity contribution < 1.29 is 14.4 Å². The van der Waals surface area contributed by atoms with Gasteiger partial charge in [0.25, 0.3) is 5.91 Å². The van der Waals surface area contributed by atoms with E-state index < -0.39 is 11.9 Å². The van der Waals surface area contributed by atoms with Crippen LogP contribution in [0.2, 0.25) is 0 Å². The molecule has 126 valence electrons. The van der Waals surface area contributed by atoms with E-state index in [1.807, 2.05) is 59.3 Å². The first-order chi connectivity index (χ1) is 12.2. The van der Waals surface area contributed by atoms with Crippen molar-refractivity contribution in [3.63, 3.8) is 0 Å². The summed E-state index contributed by atoms with van der Waals surface area (Å²) in [4.78, 5) is 28.7. The second kappa shape index (κ2) is 7.77. The molecule has 0 saturated heterocycles. The van der Waals surface area contributed by atoms with Gasteiger partial charge >= 0.3 is 5.97 Å². The molecule has 1 N–H and O–H groups in total. The molecule has 25 heavy (non-hydrogen) atoms. The van der Waals surface area contributed by atoms with Crippen LogP contribution in [-0.2, 0) is 9.63 Å². The third-order valence-corrected chi connectivity index (χ3v) is 4.43. The van der Waals surface area contributed by atoms with Gasteiger partial charge in [0.15, 0.2) is 0 Å². The van der Waals surface area contributed by atoms with Gasteiger partial charge in [-0.1, -0.05) is 49.4 Å². The monoisotopic (exact) mass is 351 g/mol. The summed E-state index contributed by atoms with van der Waals surface area (Å²) in [5.74, 6) is -0.929. The lowest BCUT2D eigenvalue weighted by Gasteiger charge is -2.14. The summed E-state index contributed by atoms with van der Waals surface area (Å²) in [5, 5.41) is 4.04. The number of carbonyl (C=O) groups excluding carboxylic acids is 2. The standard InChI is InChI=1S/C20H17NO3S/c1-2-18(22)24-21-20(23)17-10-6-9-16(15-11-12-25-13-15)19(17)14-7-4-3-5-8-14/h3-13H,2H2,1H3,(H,21,23). The van der Waals surface area contributed by atoms with Gasteiger partial charge in [-0.2, -0.15) is 16.8 Å². The van der Waals surface area contributed by atoms with Gasteiger partial charge in [-0.25, -0.2) is 4.79 Å². The lowest BCUT2D eigenvalue weighted by atomic mass is 9.91. The predicted octanol–water partition coefficient (Wildman–Crippen LogP) is 4.68. The van der Waals surface area contributed by atoms with E-state index >= 15 is 0 Å². The van der Waals surface area contributed by atoms with Crippen molar-refractivity contribution in [1.82, 2.24) is 5.48 Å². The number of benzene rings is 2. The van der Waals surface area contributed by atoms with Crippen molar-refractivity contribution in [2.24, 2.45) is 0 Å². The van der Waals surface area contributed by atoms with Crippen molar-refractivity contribution in [3.05, 3.63) is 70.9 Å². The highest BCUT2D eigenvalue weighted by Crippen LogP contribution is 2.35. The van der Waals surface area contributed by atoms with Crippen LogP contribution in [0.4, 0.5) is 0 Å². The Balaban J connectivity index is 2.08. The highest BCUT2D eigenvalue weighted by Gasteiger charge is 2.18. The number of hydrogen-bond acceptors (Lipinski definition) is 4. The molecule has 0 radical (unpaired) electrons. The van der Waals surface area contributed by atoms with Gasteiger partial charge in [0.2, 0.25) is 0 Å². The number of hydroxylamine groups is 1. The van der Waals surface area contributed by atoms with E-state index in [1.165, 1.54) is 0 Å².